The number of hydrogen-bond donors (Lipinski definition) is 0. The maximum Gasteiger partial charge on any atom is 0.233 e. The fraction of sp³-hybridized carbons (Fsp3) is 0.375. The summed E-state index contributed by atoms with van der Waals surface area (Å²) in [5, 5.41) is 2.71. The van der Waals surface area contributed by atoms with E-state index in [0.717, 1.165) is 16.5 Å². The first kappa shape index (κ1) is 14.7. The van der Waals surface area contributed by atoms with Crippen LogP contribution < -0.4 is 4.90 Å². The normalized spacial score (nSPS) is 11.4. The highest BCUT2D eigenvalue weighted by molar-refractivity contribution is 7.14. The molecule has 0 atom stereocenters. The molecule has 1 amide bonds. The summed E-state index contributed by atoms with van der Waals surface area (Å²) in [6, 6.07) is 9.71. The van der Waals surface area contributed by atoms with Crippen molar-refractivity contribution in [3.63, 3.8) is 0 Å². The van der Waals surface area contributed by atoms with Crippen molar-refractivity contribution in [2.24, 2.45) is 5.41 Å². The van der Waals surface area contributed by atoms with Gasteiger partial charge in [0.1, 0.15) is 0 Å². The molecule has 0 spiro atoms. The molecule has 4 heteroatoms. The van der Waals surface area contributed by atoms with Crippen LogP contribution in [0.25, 0.3) is 0 Å². The number of carbonyl (C=O) groups is 1. The van der Waals surface area contributed by atoms with Crippen LogP contribution in [0.1, 0.15) is 32.9 Å². The molecule has 0 fully saturated rings. The molecule has 3 nitrogen and oxygen atoms in total. The van der Waals surface area contributed by atoms with Gasteiger partial charge in [-0.05, 0) is 24.5 Å². The molecule has 0 aliphatic rings. The Hall–Kier alpha value is -1.68. The van der Waals surface area contributed by atoms with Crippen molar-refractivity contribution >= 4 is 28.1 Å². The number of thiazole rings is 1. The van der Waals surface area contributed by atoms with E-state index < -0.39 is 0 Å². The Bertz CT molecular complexity index is 584. The summed E-state index contributed by atoms with van der Waals surface area (Å²) < 4.78 is 0. The molecule has 0 saturated heterocycles. The van der Waals surface area contributed by atoms with E-state index >= 15 is 0 Å². The minimum atomic E-state index is -0.0452. The molecule has 1 heterocycles. The molecule has 0 radical (unpaired) electrons. The second-order valence-electron chi connectivity index (χ2n) is 6.07. The molecule has 0 N–H and O–H groups in total. The standard InChI is InChI=1S/C16H20N2OS/c1-12-11-20-15(17-12)18(13-8-6-5-7-9-13)14(19)10-16(2,3)4/h5-9,11H,10H2,1-4H3. The highest BCUT2D eigenvalue weighted by Crippen LogP contribution is 2.31. The molecule has 1 aromatic heterocycles. The van der Waals surface area contributed by atoms with Crippen LogP contribution in [0.3, 0.4) is 0 Å². The highest BCUT2D eigenvalue weighted by Gasteiger charge is 2.25. The van der Waals surface area contributed by atoms with E-state index in [9.17, 15) is 4.79 Å². The summed E-state index contributed by atoms with van der Waals surface area (Å²) in [5.74, 6) is 0.0815. The Morgan fingerprint density at radius 1 is 1.25 bits per heavy atom. The number of carbonyl (C=O) groups excluding carboxylic acids is 1. The summed E-state index contributed by atoms with van der Waals surface area (Å²) in [4.78, 5) is 18.8. The van der Waals surface area contributed by atoms with Crippen molar-refractivity contribution in [3.05, 3.63) is 41.4 Å². The predicted octanol–water partition coefficient (Wildman–Crippen LogP) is 4.55. The monoisotopic (exact) mass is 288 g/mol. The fourth-order valence-electron chi connectivity index (χ4n) is 1.92. The van der Waals surface area contributed by atoms with Gasteiger partial charge >= 0.3 is 0 Å². The molecule has 1 aromatic carbocycles. The topological polar surface area (TPSA) is 33.2 Å². The van der Waals surface area contributed by atoms with Gasteiger partial charge in [0.25, 0.3) is 0 Å². The first-order valence-electron chi connectivity index (χ1n) is 6.67. The zero-order valence-electron chi connectivity index (χ0n) is 12.4. The molecule has 0 unspecified atom stereocenters. The maximum atomic E-state index is 12.7. The van der Waals surface area contributed by atoms with Crippen molar-refractivity contribution in [1.29, 1.82) is 0 Å². The van der Waals surface area contributed by atoms with Crippen LogP contribution >= 0.6 is 11.3 Å². The van der Waals surface area contributed by atoms with Gasteiger partial charge in [-0.2, -0.15) is 0 Å². The lowest BCUT2D eigenvalue weighted by Crippen LogP contribution is -2.29. The van der Waals surface area contributed by atoms with Gasteiger partial charge in [0, 0.05) is 11.8 Å². The Kier molecular flexibility index (Phi) is 4.23. The van der Waals surface area contributed by atoms with Gasteiger partial charge in [-0.1, -0.05) is 39.0 Å². The molecular weight excluding hydrogens is 268 g/mol. The quantitative estimate of drug-likeness (QED) is 0.830. The van der Waals surface area contributed by atoms with Crippen molar-refractivity contribution < 1.29 is 4.79 Å². The molecule has 0 aliphatic carbocycles. The van der Waals surface area contributed by atoms with E-state index in [1.165, 1.54) is 11.3 Å². The van der Waals surface area contributed by atoms with Crippen LogP contribution in [0.2, 0.25) is 0 Å². The number of aromatic nitrogens is 1. The van der Waals surface area contributed by atoms with Crippen LogP contribution in [-0.2, 0) is 4.79 Å². The van der Waals surface area contributed by atoms with Gasteiger partial charge in [0.2, 0.25) is 5.91 Å². The molecule has 2 aromatic rings. The largest absolute Gasteiger partial charge is 0.274 e. The first-order chi connectivity index (χ1) is 9.37. The second kappa shape index (κ2) is 5.75. The Morgan fingerprint density at radius 3 is 2.40 bits per heavy atom. The van der Waals surface area contributed by atoms with Gasteiger partial charge in [0.15, 0.2) is 5.13 Å². The van der Waals surface area contributed by atoms with Gasteiger partial charge in [0.05, 0.1) is 11.4 Å². The van der Waals surface area contributed by atoms with Crippen molar-refractivity contribution in [2.75, 3.05) is 4.90 Å². The lowest BCUT2D eigenvalue weighted by Gasteiger charge is -2.24. The van der Waals surface area contributed by atoms with E-state index in [0.29, 0.717) is 6.42 Å². The zero-order chi connectivity index (χ0) is 14.8. The van der Waals surface area contributed by atoms with Crippen LogP contribution in [-0.4, -0.2) is 10.9 Å². The van der Waals surface area contributed by atoms with Gasteiger partial charge < -0.3 is 0 Å². The van der Waals surface area contributed by atoms with Crippen LogP contribution in [0.15, 0.2) is 35.7 Å². The molecular formula is C16H20N2OS. The van der Waals surface area contributed by atoms with Crippen LogP contribution in [0.5, 0.6) is 0 Å². The third-order valence-electron chi connectivity index (χ3n) is 2.74. The van der Waals surface area contributed by atoms with E-state index in [1.807, 2.05) is 42.6 Å². The van der Waals surface area contributed by atoms with E-state index in [-0.39, 0.29) is 11.3 Å². The molecule has 0 bridgehead atoms. The number of nitrogens with zero attached hydrogens (tertiary/aromatic N) is 2. The average molecular weight is 288 g/mol. The Morgan fingerprint density at radius 2 is 1.90 bits per heavy atom. The number of aryl methyl sites for hydroxylation is 1. The summed E-state index contributed by atoms with van der Waals surface area (Å²) in [7, 11) is 0. The predicted molar refractivity (Wildman–Crippen MR) is 84.5 cm³/mol. The van der Waals surface area contributed by atoms with E-state index in [1.54, 1.807) is 4.90 Å². The van der Waals surface area contributed by atoms with Crippen molar-refractivity contribution in [3.8, 4) is 0 Å². The van der Waals surface area contributed by atoms with Crippen LogP contribution in [0.4, 0.5) is 10.8 Å². The third-order valence-corrected chi connectivity index (χ3v) is 3.69. The minimum Gasteiger partial charge on any atom is -0.274 e. The maximum absolute atomic E-state index is 12.7. The fourth-order valence-corrected chi connectivity index (χ4v) is 2.75. The van der Waals surface area contributed by atoms with Crippen LogP contribution in [0, 0.1) is 12.3 Å². The Balaban J connectivity index is 2.37. The summed E-state index contributed by atoms with van der Waals surface area (Å²) in [6.45, 7) is 8.15. The SMILES string of the molecule is Cc1csc(N(C(=O)CC(C)(C)C)c2ccccc2)n1. The van der Waals surface area contributed by atoms with Gasteiger partial charge in [-0.15, -0.1) is 11.3 Å². The molecule has 0 aliphatic heterocycles. The lowest BCUT2D eigenvalue weighted by molar-refractivity contribution is -0.119. The average Bonchev–Trinajstić information content (AvgIpc) is 2.75. The Labute approximate surface area is 124 Å². The number of amides is 1. The number of rotatable bonds is 3. The smallest absolute Gasteiger partial charge is 0.233 e. The summed E-state index contributed by atoms with van der Waals surface area (Å²) in [5.41, 5.74) is 1.77. The lowest BCUT2D eigenvalue weighted by atomic mass is 9.91. The van der Waals surface area contributed by atoms with Crippen molar-refractivity contribution in [2.45, 2.75) is 34.1 Å². The molecule has 2 rings (SSSR count). The van der Waals surface area contributed by atoms with E-state index in [4.69, 9.17) is 0 Å². The number of hydrogen-bond acceptors (Lipinski definition) is 3. The molecule has 0 saturated carbocycles. The third kappa shape index (κ3) is 3.67. The van der Waals surface area contributed by atoms with Crippen molar-refractivity contribution in [1.82, 2.24) is 4.98 Å². The van der Waals surface area contributed by atoms with E-state index in [2.05, 4.69) is 25.8 Å². The summed E-state index contributed by atoms with van der Waals surface area (Å²) >= 11 is 1.50. The second-order valence-corrected chi connectivity index (χ2v) is 6.91. The molecule has 106 valence electrons. The first-order valence-corrected chi connectivity index (χ1v) is 7.55. The molecule has 20 heavy (non-hydrogen) atoms. The highest BCUT2D eigenvalue weighted by atomic mass is 32.1. The van der Waals surface area contributed by atoms with Gasteiger partial charge in [-0.3, -0.25) is 9.69 Å². The van der Waals surface area contributed by atoms with Gasteiger partial charge in [-0.25, -0.2) is 4.98 Å². The number of anilines is 2. The zero-order valence-corrected chi connectivity index (χ0v) is 13.2. The summed E-state index contributed by atoms with van der Waals surface area (Å²) in [6.07, 6.45) is 0.487. The minimum absolute atomic E-state index is 0.0452. The number of benzene rings is 1. The number of para-hydroxylation sites is 1.